The molecule has 0 heteroatoms. The van der Waals surface area contributed by atoms with E-state index in [2.05, 4.69) is 103 Å². The standard InChI is InChI=1S/C26H20/c1-3-9-19(10-4-1)26(20-11-5-2-6-12-20)23-16-15-22-17-21-13-7-8-14-24(21)25(22)18-23/h1-16,18,26H,17H2. The fraction of sp³-hybridized carbons (Fsp3) is 0.0769. The molecular formula is C26H20. The maximum atomic E-state index is 2.41. The maximum absolute atomic E-state index is 2.41. The molecule has 26 heavy (non-hydrogen) atoms. The van der Waals surface area contributed by atoms with Gasteiger partial charge in [-0.1, -0.05) is 97.1 Å². The second-order valence-corrected chi connectivity index (χ2v) is 7.00. The maximum Gasteiger partial charge on any atom is 0.0340 e. The molecule has 0 bridgehead atoms. The average Bonchev–Trinajstić information content (AvgIpc) is 3.08. The van der Waals surface area contributed by atoms with Crippen molar-refractivity contribution in [3.05, 3.63) is 131 Å². The van der Waals surface area contributed by atoms with Crippen molar-refractivity contribution in [2.75, 3.05) is 0 Å². The number of hydrogen-bond donors (Lipinski definition) is 0. The van der Waals surface area contributed by atoms with Crippen LogP contribution in [0.3, 0.4) is 0 Å². The first-order valence-corrected chi connectivity index (χ1v) is 9.21. The van der Waals surface area contributed by atoms with E-state index in [1.54, 1.807) is 0 Å². The lowest BCUT2D eigenvalue weighted by molar-refractivity contribution is 0.976. The van der Waals surface area contributed by atoms with Crippen LogP contribution in [-0.2, 0) is 6.42 Å². The molecule has 124 valence electrons. The summed E-state index contributed by atoms with van der Waals surface area (Å²) >= 11 is 0. The molecule has 0 unspecified atom stereocenters. The Kier molecular flexibility index (Phi) is 3.68. The van der Waals surface area contributed by atoms with Gasteiger partial charge in [-0.05, 0) is 51.4 Å². The molecule has 0 atom stereocenters. The molecule has 0 nitrogen and oxygen atoms in total. The molecule has 0 aliphatic heterocycles. The van der Waals surface area contributed by atoms with Crippen LogP contribution in [-0.4, -0.2) is 0 Å². The predicted molar refractivity (Wildman–Crippen MR) is 109 cm³/mol. The molecule has 0 saturated carbocycles. The van der Waals surface area contributed by atoms with Crippen molar-refractivity contribution in [2.24, 2.45) is 0 Å². The second-order valence-electron chi connectivity index (χ2n) is 7.00. The lowest BCUT2D eigenvalue weighted by atomic mass is 9.84. The summed E-state index contributed by atoms with van der Waals surface area (Å²) in [5.41, 5.74) is 9.71. The normalized spacial score (nSPS) is 12.0. The van der Waals surface area contributed by atoms with Gasteiger partial charge in [0.25, 0.3) is 0 Å². The highest BCUT2D eigenvalue weighted by molar-refractivity contribution is 5.77. The molecule has 0 amide bonds. The fourth-order valence-electron chi connectivity index (χ4n) is 4.19. The largest absolute Gasteiger partial charge is 0.0622 e. The summed E-state index contributed by atoms with van der Waals surface area (Å²) in [5.74, 6) is 0.260. The zero-order valence-corrected chi connectivity index (χ0v) is 14.6. The van der Waals surface area contributed by atoms with Crippen molar-refractivity contribution in [1.29, 1.82) is 0 Å². The fourth-order valence-corrected chi connectivity index (χ4v) is 4.19. The van der Waals surface area contributed by atoms with E-state index in [1.165, 1.54) is 38.9 Å². The van der Waals surface area contributed by atoms with Gasteiger partial charge in [0.05, 0.1) is 0 Å². The van der Waals surface area contributed by atoms with Gasteiger partial charge in [0.1, 0.15) is 0 Å². The molecule has 0 aromatic heterocycles. The van der Waals surface area contributed by atoms with Gasteiger partial charge in [-0.2, -0.15) is 0 Å². The Morgan fingerprint density at radius 2 is 1.04 bits per heavy atom. The Hall–Kier alpha value is -3.12. The smallest absolute Gasteiger partial charge is 0.0340 e. The molecule has 0 fully saturated rings. The van der Waals surface area contributed by atoms with Crippen LogP contribution in [0.2, 0.25) is 0 Å². The quantitative estimate of drug-likeness (QED) is 0.334. The van der Waals surface area contributed by atoms with E-state index in [4.69, 9.17) is 0 Å². The van der Waals surface area contributed by atoms with Crippen molar-refractivity contribution in [2.45, 2.75) is 12.3 Å². The molecule has 0 radical (unpaired) electrons. The van der Waals surface area contributed by atoms with Gasteiger partial charge >= 0.3 is 0 Å². The van der Waals surface area contributed by atoms with E-state index in [1.807, 2.05) is 0 Å². The third kappa shape index (κ3) is 2.55. The minimum absolute atomic E-state index is 0.260. The summed E-state index contributed by atoms with van der Waals surface area (Å²) in [4.78, 5) is 0. The van der Waals surface area contributed by atoms with Crippen LogP contribution < -0.4 is 0 Å². The molecule has 5 rings (SSSR count). The molecule has 4 aromatic rings. The molecule has 1 aliphatic carbocycles. The van der Waals surface area contributed by atoms with E-state index in [0.29, 0.717) is 0 Å². The SMILES string of the molecule is c1ccc(C(c2ccccc2)c2ccc3c(c2)-c2ccccc2C3)cc1. The monoisotopic (exact) mass is 332 g/mol. The summed E-state index contributed by atoms with van der Waals surface area (Å²) in [5, 5.41) is 0. The molecule has 4 aromatic carbocycles. The number of fused-ring (bicyclic) bond motifs is 3. The van der Waals surface area contributed by atoms with Crippen LogP contribution >= 0.6 is 0 Å². The van der Waals surface area contributed by atoms with Crippen molar-refractivity contribution < 1.29 is 0 Å². The van der Waals surface area contributed by atoms with E-state index in [9.17, 15) is 0 Å². The Balaban J connectivity index is 1.68. The molecule has 0 saturated heterocycles. The first-order chi connectivity index (χ1) is 12.9. The Labute approximate surface area is 154 Å². The van der Waals surface area contributed by atoms with E-state index in [0.717, 1.165) is 6.42 Å². The van der Waals surface area contributed by atoms with Crippen LogP contribution in [0.4, 0.5) is 0 Å². The second kappa shape index (κ2) is 6.31. The summed E-state index contributed by atoms with van der Waals surface area (Å²) in [6.07, 6.45) is 1.05. The Morgan fingerprint density at radius 1 is 0.462 bits per heavy atom. The van der Waals surface area contributed by atoms with Gasteiger partial charge in [-0.25, -0.2) is 0 Å². The van der Waals surface area contributed by atoms with Crippen molar-refractivity contribution in [3.63, 3.8) is 0 Å². The number of hydrogen-bond acceptors (Lipinski definition) is 0. The van der Waals surface area contributed by atoms with Crippen molar-refractivity contribution in [1.82, 2.24) is 0 Å². The van der Waals surface area contributed by atoms with Crippen LogP contribution in [0.25, 0.3) is 11.1 Å². The molecule has 1 aliphatic rings. The topological polar surface area (TPSA) is 0 Å². The minimum atomic E-state index is 0.260. The highest BCUT2D eigenvalue weighted by atomic mass is 14.3. The minimum Gasteiger partial charge on any atom is -0.0622 e. The van der Waals surface area contributed by atoms with Gasteiger partial charge in [0.2, 0.25) is 0 Å². The van der Waals surface area contributed by atoms with Gasteiger partial charge in [0.15, 0.2) is 0 Å². The van der Waals surface area contributed by atoms with Crippen LogP contribution in [0.1, 0.15) is 33.7 Å². The van der Waals surface area contributed by atoms with Crippen LogP contribution in [0.5, 0.6) is 0 Å². The first kappa shape index (κ1) is 15.2. The first-order valence-electron chi connectivity index (χ1n) is 9.21. The van der Waals surface area contributed by atoms with Gasteiger partial charge < -0.3 is 0 Å². The highest BCUT2D eigenvalue weighted by Gasteiger charge is 2.22. The predicted octanol–water partition coefficient (Wildman–Crippen LogP) is 6.44. The highest BCUT2D eigenvalue weighted by Crippen LogP contribution is 2.40. The van der Waals surface area contributed by atoms with E-state index < -0.39 is 0 Å². The molecule has 0 heterocycles. The number of benzene rings is 4. The van der Waals surface area contributed by atoms with Gasteiger partial charge in [-0.3, -0.25) is 0 Å². The summed E-state index contributed by atoms with van der Waals surface area (Å²) < 4.78 is 0. The van der Waals surface area contributed by atoms with Gasteiger partial charge in [-0.15, -0.1) is 0 Å². The van der Waals surface area contributed by atoms with Crippen molar-refractivity contribution in [3.8, 4) is 11.1 Å². The lowest BCUT2D eigenvalue weighted by Gasteiger charge is -2.20. The molecular weight excluding hydrogens is 312 g/mol. The third-order valence-corrected chi connectivity index (χ3v) is 5.42. The van der Waals surface area contributed by atoms with Gasteiger partial charge in [0, 0.05) is 5.92 Å². The third-order valence-electron chi connectivity index (χ3n) is 5.42. The van der Waals surface area contributed by atoms with E-state index in [-0.39, 0.29) is 5.92 Å². The lowest BCUT2D eigenvalue weighted by Crippen LogP contribution is -2.03. The Bertz CT molecular complexity index is 1010. The Morgan fingerprint density at radius 3 is 1.73 bits per heavy atom. The zero-order chi connectivity index (χ0) is 17.3. The summed E-state index contributed by atoms with van der Waals surface area (Å²) in [6, 6.07) is 37.5. The molecule has 0 N–H and O–H groups in total. The zero-order valence-electron chi connectivity index (χ0n) is 14.6. The van der Waals surface area contributed by atoms with Crippen molar-refractivity contribution >= 4 is 0 Å². The number of rotatable bonds is 3. The van der Waals surface area contributed by atoms with Crippen LogP contribution in [0, 0.1) is 0 Å². The molecule has 0 spiro atoms. The van der Waals surface area contributed by atoms with E-state index >= 15 is 0 Å². The van der Waals surface area contributed by atoms with Crippen LogP contribution in [0.15, 0.2) is 103 Å². The average molecular weight is 332 g/mol. The summed E-state index contributed by atoms with van der Waals surface area (Å²) in [6.45, 7) is 0. The summed E-state index contributed by atoms with van der Waals surface area (Å²) in [7, 11) is 0.